The molecule has 96 valence electrons. The van der Waals surface area contributed by atoms with Crippen LogP contribution in [-0.2, 0) is 4.74 Å². The Kier molecular flexibility index (Phi) is 6.37. The van der Waals surface area contributed by atoms with Crippen LogP contribution < -0.4 is 5.32 Å². The van der Waals surface area contributed by atoms with E-state index in [1.165, 1.54) is 32.1 Å². The monoisotopic (exact) mass is 227 g/mol. The van der Waals surface area contributed by atoms with E-state index in [-0.39, 0.29) is 0 Å². The van der Waals surface area contributed by atoms with Crippen LogP contribution in [0, 0.1) is 5.41 Å². The molecule has 1 rings (SSSR count). The van der Waals surface area contributed by atoms with Gasteiger partial charge < -0.3 is 10.1 Å². The minimum Gasteiger partial charge on any atom is -0.381 e. The first kappa shape index (κ1) is 14.0. The SMILES string of the molecule is CCCCOCCCNC1CCC(C)(C)C1. The molecule has 0 aliphatic heterocycles. The number of hydrogen-bond acceptors (Lipinski definition) is 2. The molecule has 2 nitrogen and oxygen atoms in total. The minimum absolute atomic E-state index is 0.565. The van der Waals surface area contributed by atoms with Crippen LogP contribution in [0.25, 0.3) is 0 Å². The topological polar surface area (TPSA) is 21.3 Å². The van der Waals surface area contributed by atoms with E-state index in [0.717, 1.165) is 32.2 Å². The molecule has 2 heteroatoms. The second-order valence-corrected chi connectivity index (χ2v) is 5.88. The van der Waals surface area contributed by atoms with Gasteiger partial charge >= 0.3 is 0 Å². The second kappa shape index (κ2) is 7.29. The molecule has 1 unspecified atom stereocenters. The van der Waals surface area contributed by atoms with Gasteiger partial charge in [-0.3, -0.25) is 0 Å². The molecule has 1 aliphatic carbocycles. The lowest BCUT2D eigenvalue weighted by Crippen LogP contribution is -2.28. The van der Waals surface area contributed by atoms with Crippen molar-refractivity contribution in [1.82, 2.24) is 5.32 Å². The van der Waals surface area contributed by atoms with Crippen LogP contribution in [0.4, 0.5) is 0 Å². The van der Waals surface area contributed by atoms with E-state index in [2.05, 4.69) is 26.1 Å². The van der Waals surface area contributed by atoms with Crippen molar-refractivity contribution in [2.45, 2.75) is 65.3 Å². The van der Waals surface area contributed by atoms with E-state index >= 15 is 0 Å². The maximum atomic E-state index is 5.54. The highest BCUT2D eigenvalue weighted by atomic mass is 16.5. The molecule has 0 aromatic heterocycles. The Bertz CT molecular complexity index is 180. The summed E-state index contributed by atoms with van der Waals surface area (Å²) in [5.74, 6) is 0. The molecule has 0 amide bonds. The van der Waals surface area contributed by atoms with Gasteiger partial charge in [-0.15, -0.1) is 0 Å². The van der Waals surface area contributed by atoms with Gasteiger partial charge in [0.15, 0.2) is 0 Å². The Balaban J connectivity index is 1.88. The zero-order chi connectivity index (χ0) is 11.9. The predicted octanol–water partition coefficient (Wildman–Crippen LogP) is 3.36. The third-order valence-electron chi connectivity index (χ3n) is 3.51. The Morgan fingerprint density at radius 2 is 2.00 bits per heavy atom. The molecule has 1 saturated carbocycles. The largest absolute Gasteiger partial charge is 0.381 e. The molecule has 0 aromatic carbocycles. The lowest BCUT2D eigenvalue weighted by atomic mass is 9.92. The van der Waals surface area contributed by atoms with Crippen LogP contribution in [-0.4, -0.2) is 25.8 Å². The fraction of sp³-hybridized carbons (Fsp3) is 1.00. The van der Waals surface area contributed by atoms with Crippen LogP contribution in [0.1, 0.15) is 59.3 Å². The van der Waals surface area contributed by atoms with E-state index in [9.17, 15) is 0 Å². The van der Waals surface area contributed by atoms with Crippen molar-refractivity contribution in [2.24, 2.45) is 5.41 Å². The predicted molar refractivity (Wildman–Crippen MR) is 69.8 cm³/mol. The highest BCUT2D eigenvalue weighted by molar-refractivity contribution is 4.86. The summed E-state index contributed by atoms with van der Waals surface area (Å²) in [6, 6.07) is 0.755. The maximum absolute atomic E-state index is 5.54. The average molecular weight is 227 g/mol. The molecule has 0 spiro atoms. The van der Waals surface area contributed by atoms with Crippen LogP contribution in [0.15, 0.2) is 0 Å². The summed E-state index contributed by atoms with van der Waals surface area (Å²) >= 11 is 0. The Hall–Kier alpha value is -0.0800. The molecule has 1 aliphatic rings. The van der Waals surface area contributed by atoms with Crippen molar-refractivity contribution in [3.8, 4) is 0 Å². The molecule has 1 fully saturated rings. The first-order chi connectivity index (χ1) is 7.64. The van der Waals surface area contributed by atoms with E-state index in [4.69, 9.17) is 4.74 Å². The molecular formula is C14H29NO. The first-order valence-corrected chi connectivity index (χ1v) is 6.95. The minimum atomic E-state index is 0.565. The molecule has 0 radical (unpaired) electrons. The van der Waals surface area contributed by atoms with Crippen molar-refractivity contribution >= 4 is 0 Å². The fourth-order valence-electron chi connectivity index (χ4n) is 2.44. The van der Waals surface area contributed by atoms with Gasteiger partial charge in [0, 0.05) is 19.3 Å². The number of rotatable bonds is 8. The quantitative estimate of drug-likeness (QED) is 0.642. The van der Waals surface area contributed by atoms with Crippen molar-refractivity contribution in [1.29, 1.82) is 0 Å². The van der Waals surface area contributed by atoms with Crippen molar-refractivity contribution in [3.05, 3.63) is 0 Å². The third kappa shape index (κ3) is 5.86. The van der Waals surface area contributed by atoms with Crippen LogP contribution in [0.5, 0.6) is 0 Å². The normalized spacial score (nSPS) is 23.8. The van der Waals surface area contributed by atoms with Crippen molar-refractivity contribution < 1.29 is 4.74 Å². The van der Waals surface area contributed by atoms with E-state index in [1.807, 2.05) is 0 Å². The summed E-state index contributed by atoms with van der Waals surface area (Å²) in [6.45, 7) is 9.93. The number of ether oxygens (including phenoxy) is 1. The molecule has 0 bridgehead atoms. The maximum Gasteiger partial charge on any atom is 0.0478 e. The Morgan fingerprint density at radius 3 is 2.62 bits per heavy atom. The van der Waals surface area contributed by atoms with Gasteiger partial charge in [0.25, 0.3) is 0 Å². The van der Waals surface area contributed by atoms with Gasteiger partial charge in [-0.2, -0.15) is 0 Å². The van der Waals surface area contributed by atoms with Crippen LogP contribution in [0.2, 0.25) is 0 Å². The second-order valence-electron chi connectivity index (χ2n) is 5.88. The summed E-state index contributed by atoms with van der Waals surface area (Å²) in [5.41, 5.74) is 0.565. The van der Waals surface area contributed by atoms with Gasteiger partial charge in [0.05, 0.1) is 0 Å². The molecular weight excluding hydrogens is 198 g/mol. The number of hydrogen-bond donors (Lipinski definition) is 1. The van der Waals surface area contributed by atoms with Gasteiger partial charge in [0.2, 0.25) is 0 Å². The summed E-state index contributed by atoms with van der Waals surface area (Å²) in [6.07, 6.45) is 7.64. The van der Waals surface area contributed by atoms with Crippen LogP contribution >= 0.6 is 0 Å². The zero-order valence-electron chi connectivity index (χ0n) is 11.3. The number of unbranched alkanes of at least 4 members (excludes halogenated alkanes) is 1. The number of nitrogens with one attached hydrogen (secondary N) is 1. The Labute approximate surface area is 101 Å². The van der Waals surface area contributed by atoms with Gasteiger partial charge in [0.1, 0.15) is 0 Å². The molecule has 0 saturated heterocycles. The third-order valence-corrected chi connectivity index (χ3v) is 3.51. The van der Waals surface area contributed by atoms with Gasteiger partial charge in [-0.25, -0.2) is 0 Å². The molecule has 16 heavy (non-hydrogen) atoms. The smallest absolute Gasteiger partial charge is 0.0478 e. The lowest BCUT2D eigenvalue weighted by molar-refractivity contribution is 0.128. The summed E-state index contributed by atoms with van der Waals surface area (Å²) in [7, 11) is 0. The summed E-state index contributed by atoms with van der Waals surface area (Å²) in [4.78, 5) is 0. The fourth-order valence-corrected chi connectivity index (χ4v) is 2.44. The van der Waals surface area contributed by atoms with E-state index < -0.39 is 0 Å². The zero-order valence-corrected chi connectivity index (χ0v) is 11.3. The van der Waals surface area contributed by atoms with E-state index in [1.54, 1.807) is 0 Å². The van der Waals surface area contributed by atoms with E-state index in [0.29, 0.717) is 5.41 Å². The summed E-state index contributed by atoms with van der Waals surface area (Å²) in [5, 5.41) is 3.65. The molecule has 1 N–H and O–H groups in total. The molecule has 0 heterocycles. The lowest BCUT2D eigenvalue weighted by Gasteiger charge is -2.17. The van der Waals surface area contributed by atoms with Gasteiger partial charge in [-0.1, -0.05) is 27.2 Å². The van der Waals surface area contributed by atoms with Crippen LogP contribution in [0.3, 0.4) is 0 Å². The summed E-state index contributed by atoms with van der Waals surface area (Å²) < 4.78 is 5.54. The van der Waals surface area contributed by atoms with Crippen molar-refractivity contribution in [3.63, 3.8) is 0 Å². The first-order valence-electron chi connectivity index (χ1n) is 6.95. The highest BCUT2D eigenvalue weighted by Gasteiger charge is 2.30. The Morgan fingerprint density at radius 1 is 1.25 bits per heavy atom. The highest BCUT2D eigenvalue weighted by Crippen LogP contribution is 2.36. The molecule has 0 aromatic rings. The van der Waals surface area contributed by atoms with Gasteiger partial charge in [-0.05, 0) is 44.1 Å². The standard InChI is InChI=1S/C14H29NO/c1-4-5-10-16-11-6-9-15-13-7-8-14(2,3)12-13/h13,15H,4-12H2,1-3H3. The molecule has 1 atom stereocenters. The van der Waals surface area contributed by atoms with Crippen molar-refractivity contribution in [2.75, 3.05) is 19.8 Å². The average Bonchev–Trinajstić information content (AvgIpc) is 2.57.